The number of nitrogens with one attached hydrogen (secondary N) is 1. The molecule has 0 aliphatic carbocycles. The lowest BCUT2D eigenvalue weighted by atomic mass is 9.95. The second-order valence-electron chi connectivity index (χ2n) is 6.21. The summed E-state index contributed by atoms with van der Waals surface area (Å²) in [7, 11) is 0. The molecule has 0 spiro atoms. The van der Waals surface area contributed by atoms with E-state index in [0.29, 0.717) is 26.1 Å². The Balaban J connectivity index is 0.00000264. The first-order valence-corrected chi connectivity index (χ1v) is 7.92. The third-order valence-corrected chi connectivity index (χ3v) is 3.74. The second-order valence-corrected chi connectivity index (χ2v) is 6.21. The highest BCUT2D eigenvalue weighted by Gasteiger charge is 2.21. The first-order valence-electron chi connectivity index (χ1n) is 7.92. The number of carbonyl (C=O) groups excluding carboxylic acids is 1. The van der Waals surface area contributed by atoms with Gasteiger partial charge in [-0.05, 0) is 37.0 Å². The van der Waals surface area contributed by atoms with Gasteiger partial charge in [-0.3, -0.25) is 4.79 Å². The van der Waals surface area contributed by atoms with Crippen LogP contribution in [0.4, 0.5) is 0 Å². The Kier molecular flexibility index (Phi) is 7.65. The number of halogens is 1. The maximum Gasteiger partial charge on any atom is 0.220 e. The predicted octanol–water partition coefficient (Wildman–Crippen LogP) is 2.82. The highest BCUT2D eigenvalue weighted by Crippen LogP contribution is 2.34. The molecule has 2 unspecified atom stereocenters. The minimum Gasteiger partial charge on any atom is -0.486 e. The maximum atomic E-state index is 12.1. The molecule has 1 aromatic carbocycles. The summed E-state index contributed by atoms with van der Waals surface area (Å²) in [5.74, 6) is 1.83. The molecule has 0 saturated heterocycles. The standard InChI is InChI=1S/C17H26N2O3.ClH/c1-11(2)17(19-16(20)7-4-12(3)18)13-5-6-14-15(10-13)22-9-8-21-14;/h5-6,10-12,17H,4,7-9,18H2,1-3H3,(H,19,20);1H. The number of hydrogen-bond acceptors (Lipinski definition) is 4. The number of rotatable bonds is 6. The molecule has 0 aromatic heterocycles. The number of ether oxygens (including phenoxy) is 2. The van der Waals surface area contributed by atoms with Crippen LogP contribution in [0.25, 0.3) is 0 Å². The molecule has 23 heavy (non-hydrogen) atoms. The second kappa shape index (κ2) is 8.99. The molecule has 1 aliphatic heterocycles. The minimum atomic E-state index is -0.0450. The van der Waals surface area contributed by atoms with Crippen molar-refractivity contribution in [2.24, 2.45) is 11.7 Å². The number of hydrogen-bond donors (Lipinski definition) is 2. The van der Waals surface area contributed by atoms with Gasteiger partial charge in [-0.2, -0.15) is 0 Å². The van der Waals surface area contributed by atoms with Crippen LogP contribution < -0.4 is 20.5 Å². The third kappa shape index (κ3) is 5.59. The molecular weight excluding hydrogens is 316 g/mol. The summed E-state index contributed by atoms with van der Waals surface area (Å²) in [5, 5.41) is 3.10. The molecule has 0 saturated carbocycles. The summed E-state index contributed by atoms with van der Waals surface area (Å²) in [5.41, 5.74) is 6.74. The summed E-state index contributed by atoms with van der Waals surface area (Å²) in [6.07, 6.45) is 1.14. The Morgan fingerprint density at radius 1 is 1.22 bits per heavy atom. The minimum absolute atomic E-state index is 0. The van der Waals surface area contributed by atoms with Crippen LogP contribution in [-0.4, -0.2) is 25.2 Å². The van der Waals surface area contributed by atoms with E-state index in [0.717, 1.165) is 17.1 Å². The van der Waals surface area contributed by atoms with Crippen molar-refractivity contribution in [3.63, 3.8) is 0 Å². The van der Waals surface area contributed by atoms with Gasteiger partial charge in [-0.1, -0.05) is 19.9 Å². The molecule has 2 rings (SSSR count). The lowest BCUT2D eigenvalue weighted by molar-refractivity contribution is -0.122. The smallest absolute Gasteiger partial charge is 0.220 e. The molecule has 1 amide bonds. The van der Waals surface area contributed by atoms with Crippen molar-refractivity contribution >= 4 is 18.3 Å². The maximum absolute atomic E-state index is 12.1. The van der Waals surface area contributed by atoms with Crippen molar-refractivity contribution in [1.82, 2.24) is 5.32 Å². The van der Waals surface area contributed by atoms with E-state index in [1.807, 2.05) is 25.1 Å². The fourth-order valence-electron chi connectivity index (χ4n) is 2.49. The molecule has 1 aliphatic rings. The van der Waals surface area contributed by atoms with E-state index in [1.165, 1.54) is 0 Å². The molecule has 5 nitrogen and oxygen atoms in total. The number of benzene rings is 1. The van der Waals surface area contributed by atoms with E-state index >= 15 is 0 Å². The summed E-state index contributed by atoms with van der Waals surface area (Å²) in [4.78, 5) is 12.1. The van der Waals surface area contributed by atoms with E-state index in [9.17, 15) is 4.79 Å². The van der Waals surface area contributed by atoms with Gasteiger partial charge in [0.05, 0.1) is 6.04 Å². The summed E-state index contributed by atoms with van der Waals surface area (Å²) in [6, 6.07) is 5.86. The molecule has 0 fully saturated rings. The first-order chi connectivity index (χ1) is 10.5. The van der Waals surface area contributed by atoms with Crippen molar-refractivity contribution in [3.05, 3.63) is 23.8 Å². The summed E-state index contributed by atoms with van der Waals surface area (Å²) < 4.78 is 11.2. The van der Waals surface area contributed by atoms with Gasteiger partial charge in [0.15, 0.2) is 11.5 Å². The molecule has 0 radical (unpaired) electrons. The van der Waals surface area contributed by atoms with E-state index in [1.54, 1.807) is 0 Å². The van der Waals surface area contributed by atoms with Gasteiger partial charge < -0.3 is 20.5 Å². The Bertz CT molecular complexity index is 521. The normalized spacial score (nSPS) is 15.5. The average molecular weight is 343 g/mol. The van der Waals surface area contributed by atoms with Crippen LogP contribution in [0.1, 0.15) is 45.2 Å². The van der Waals surface area contributed by atoms with Crippen LogP contribution in [0.15, 0.2) is 18.2 Å². The van der Waals surface area contributed by atoms with E-state index in [4.69, 9.17) is 15.2 Å². The Labute approximate surface area is 144 Å². The van der Waals surface area contributed by atoms with E-state index in [-0.39, 0.29) is 36.3 Å². The molecule has 1 aromatic rings. The summed E-state index contributed by atoms with van der Waals surface area (Å²) >= 11 is 0. The highest BCUT2D eigenvalue weighted by molar-refractivity contribution is 5.85. The molecule has 130 valence electrons. The third-order valence-electron chi connectivity index (χ3n) is 3.74. The largest absolute Gasteiger partial charge is 0.486 e. The predicted molar refractivity (Wildman–Crippen MR) is 93.3 cm³/mol. The van der Waals surface area contributed by atoms with Crippen molar-refractivity contribution in [2.45, 2.75) is 45.7 Å². The summed E-state index contributed by atoms with van der Waals surface area (Å²) in [6.45, 7) is 7.23. The van der Waals surface area contributed by atoms with Gasteiger partial charge in [-0.25, -0.2) is 0 Å². The van der Waals surface area contributed by atoms with E-state index < -0.39 is 0 Å². The van der Waals surface area contributed by atoms with Crippen LogP contribution in [0, 0.1) is 5.92 Å². The Morgan fingerprint density at radius 3 is 2.48 bits per heavy atom. The first kappa shape index (κ1) is 19.6. The zero-order valence-corrected chi connectivity index (χ0v) is 14.8. The van der Waals surface area contributed by atoms with Crippen LogP contribution in [0.3, 0.4) is 0 Å². The van der Waals surface area contributed by atoms with Gasteiger partial charge in [0.1, 0.15) is 13.2 Å². The number of nitrogens with two attached hydrogens (primary N) is 1. The van der Waals surface area contributed by atoms with Gasteiger partial charge in [0, 0.05) is 12.5 Å². The lowest BCUT2D eigenvalue weighted by Gasteiger charge is -2.25. The SMILES string of the molecule is CC(N)CCC(=O)NC(c1ccc2c(c1)OCCO2)C(C)C.Cl. The van der Waals surface area contributed by atoms with E-state index in [2.05, 4.69) is 19.2 Å². The zero-order valence-electron chi connectivity index (χ0n) is 14.0. The van der Waals surface area contributed by atoms with Crippen LogP contribution in [-0.2, 0) is 4.79 Å². The monoisotopic (exact) mass is 342 g/mol. The Hall–Kier alpha value is -1.46. The molecule has 3 N–H and O–H groups in total. The van der Waals surface area contributed by atoms with Crippen molar-refractivity contribution in [3.8, 4) is 11.5 Å². The molecule has 0 bridgehead atoms. The van der Waals surface area contributed by atoms with Gasteiger partial charge in [0.2, 0.25) is 5.91 Å². The number of fused-ring (bicyclic) bond motifs is 1. The number of carbonyl (C=O) groups is 1. The van der Waals surface area contributed by atoms with Crippen LogP contribution in [0.5, 0.6) is 11.5 Å². The van der Waals surface area contributed by atoms with Gasteiger partial charge in [-0.15, -0.1) is 12.4 Å². The van der Waals surface area contributed by atoms with Gasteiger partial charge in [0.25, 0.3) is 0 Å². The topological polar surface area (TPSA) is 73.6 Å². The fraction of sp³-hybridized carbons (Fsp3) is 0.588. The lowest BCUT2D eigenvalue weighted by Crippen LogP contribution is -2.32. The number of amides is 1. The highest BCUT2D eigenvalue weighted by atomic mass is 35.5. The zero-order chi connectivity index (χ0) is 16.1. The molecule has 6 heteroatoms. The van der Waals surface area contributed by atoms with Crippen LogP contribution in [0.2, 0.25) is 0 Å². The average Bonchev–Trinajstić information content (AvgIpc) is 2.49. The van der Waals surface area contributed by atoms with Crippen molar-refractivity contribution in [2.75, 3.05) is 13.2 Å². The molecule has 1 heterocycles. The molecular formula is C17H27ClN2O3. The van der Waals surface area contributed by atoms with Crippen molar-refractivity contribution < 1.29 is 14.3 Å². The van der Waals surface area contributed by atoms with Crippen LogP contribution >= 0.6 is 12.4 Å². The Morgan fingerprint density at radius 2 is 1.87 bits per heavy atom. The molecule has 2 atom stereocenters. The van der Waals surface area contributed by atoms with Crippen molar-refractivity contribution in [1.29, 1.82) is 0 Å². The quantitative estimate of drug-likeness (QED) is 0.833. The fourth-order valence-corrected chi connectivity index (χ4v) is 2.49. The van der Waals surface area contributed by atoms with Gasteiger partial charge >= 0.3 is 0 Å².